The van der Waals surface area contributed by atoms with Gasteiger partial charge in [-0.3, -0.25) is 13.6 Å². The smallest absolute Gasteiger partial charge is 0.286 e. The lowest BCUT2D eigenvalue weighted by Crippen LogP contribution is -2.14. The van der Waals surface area contributed by atoms with Crippen LogP contribution in [0.5, 0.6) is 0 Å². The molecule has 0 amide bonds. The first kappa shape index (κ1) is 20.3. The molecule has 0 N–H and O–H groups in total. The number of halogens is 5. The van der Waals surface area contributed by atoms with Crippen molar-refractivity contribution in [3.05, 3.63) is 0 Å². The second-order valence-corrected chi connectivity index (χ2v) is 9.00. The maximum Gasteiger partial charge on any atom is 0.474 e. The molecule has 18 heavy (non-hydrogen) atoms. The van der Waals surface area contributed by atoms with Gasteiger partial charge in [0.15, 0.2) is 0 Å². The molecule has 0 saturated carbocycles. The third-order valence-electron chi connectivity index (χ3n) is 1.49. The highest BCUT2D eigenvalue weighted by Crippen LogP contribution is 2.50. The van der Waals surface area contributed by atoms with Crippen LogP contribution >= 0.6 is 83.1 Å². The molecule has 0 aromatic heterocycles. The van der Waals surface area contributed by atoms with Gasteiger partial charge in [-0.15, -0.1) is 11.6 Å². The summed E-state index contributed by atoms with van der Waals surface area (Å²) < 4.78 is 27.7. The fourth-order valence-corrected chi connectivity index (χ4v) is 3.19. The van der Waals surface area contributed by atoms with Crippen LogP contribution in [0.3, 0.4) is 0 Å². The molecule has 0 aliphatic heterocycles. The van der Waals surface area contributed by atoms with Crippen molar-refractivity contribution in [3.63, 3.8) is 0 Å². The quantitative estimate of drug-likeness (QED) is 0.272. The average Bonchev–Trinajstić information content (AvgIpc) is 2.40. The molecule has 0 aromatic carbocycles. The van der Waals surface area contributed by atoms with E-state index in [2.05, 4.69) is 63.7 Å². The Morgan fingerprint density at radius 3 is 1.78 bits per heavy atom. The van der Waals surface area contributed by atoms with Crippen molar-refractivity contribution in [2.75, 3.05) is 36.4 Å². The van der Waals surface area contributed by atoms with Gasteiger partial charge in [-0.2, -0.15) is 0 Å². The molecule has 4 nitrogen and oxygen atoms in total. The van der Waals surface area contributed by atoms with Crippen LogP contribution < -0.4 is 0 Å². The monoisotopic (exact) mass is 556 g/mol. The van der Waals surface area contributed by atoms with Gasteiger partial charge in [0.1, 0.15) is 0 Å². The zero-order valence-corrected chi connectivity index (χ0v) is 17.4. The summed E-state index contributed by atoms with van der Waals surface area (Å²) in [4.78, 5) is 0.0648. The van der Waals surface area contributed by atoms with Crippen LogP contribution in [-0.2, 0) is 18.1 Å². The summed E-state index contributed by atoms with van der Waals surface area (Å²) in [5.41, 5.74) is 0. The van der Waals surface area contributed by atoms with Crippen LogP contribution in [0, 0.1) is 0 Å². The maximum atomic E-state index is 12.2. The largest absolute Gasteiger partial charge is 0.474 e. The van der Waals surface area contributed by atoms with E-state index in [1.54, 1.807) is 0 Å². The molecule has 2 atom stereocenters. The van der Waals surface area contributed by atoms with Gasteiger partial charge in [-0.25, -0.2) is 4.57 Å². The predicted octanol–water partition coefficient (Wildman–Crippen LogP) is 4.70. The number of hydrogen-bond acceptors (Lipinski definition) is 4. The van der Waals surface area contributed by atoms with Gasteiger partial charge in [0, 0.05) is 26.2 Å². The minimum absolute atomic E-state index is 0.0324. The summed E-state index contributed by atoms with van der Waals surface area (Å²) in [7, 11) is -3.56. The lowest BCUT2D eigenvalue weighted by atomic mass is 10.5. The Hall–Kier alpha value is 2.32. The summed E-state index contributed by atoms with van der Waals surface area (Å²) in [6, 6.07) is 0. The van der Waals surface area contributed by atoms with Crippen molar-refractivity contribution in [3.8, 4) is 0 Å². The van der Waals surface area contributed by atoms with Gasteiger partial charge in [0.25, 0.3) is 0 Å². The molecule has 0 saturated heterocycles. The lowest BCUT2D eigenvalue weighted by Gasteiger charge is -2.19. The first-order valence-corrected chi connectivity index (χ1v) is 11.0. The molecule has 0 heterocycles. The summed E-state index contributed by atoms with van der Waals surface area (Å²) >= 11 is 18.7. The predicted molar refractivity (Wildman–Crippen MR) is 89.2 cm³/mol. The van der Waals surface area contributed by atoms with E-state index in [1.165, 1.54) is 0 Å². The Labute approximate surface area is 146 Å². The van der Waals surface area contributed by atoms with Gasteiger partial charge in [-0.1, -0.05) is 63.7 Å². The van der Waals surface area contributed by atoms with Crippen molar-refractivity contribution in [2.24, 2.45) is 0 Å². The van der Waals surface area contributed by atoms with E-state index in [9.17, 15) is 4.57 Å². The van der Waals surface area contributed by atoms with Gasteiger partial charge < -0.3 is 0 Å². The minimum atomic E-state index is -3.56. The summed E-state index contributed by atoms with van der Waals surface area (Å²) in [5, 5.41) is 1.34. The maximum absolute atomic E-state index is 12.2. The zero-order valence-electron chi connectivity index (χ0n) is 9.37. The Kier molecular flexibility index (Phi) is 13.5. The fraction of sp³-hybridized carbons (Fsp3) is 1.00. The van der Waals surface area contributed by atoms with E-state index in [1.807, 2.05) is 0 Å². The minimum Gasteiger partial charge on any atom is -0.286 e. The van der Waals surface area contributed by atoms with Gasteiger partial charge in [-0.05, 0) is 0 Å². The topological polar surface area (TPSA) is 44.8 Å². The van der Waals surface area contributed by atoms with E-state index >= 15 is 0 Å². The van der Waals surface area contributed by atoms with Crippen LogP contribution in [-0.4, -0.2) is 46.0 Å². The zero-order chi connectivity index (χ0) is 14.0. The van der Waals surface area contributed by atoms with E-state index < -0.39 is 7.82 Å². The second kappa shape index (κ2) is 11.9. The van der Waals surface area contributed by atoms with E-state index in [-0.39, 0.29) is 35.4 Å². The molecule has 0 fully saturated rings. The molecule has 110 valence electrons. The summed E-state index contributed by atoms with van der Waals surface area (Å²) in [6.45, 7) is 0.541. The van der Waals surface area contributed by atoms with Gasteiger partial charge >= 0.3 is 7.82 Å². The number of alkyl halides is 5. The number of phosphoric ester groups is 1. The highest BCUT2D eigenvalue weighted by Gasteiger charge is 2.28. The average molecular weight is 560 g/mol. The molecule has 0 spiro atoms. The van der Waals surface area contributed by atoms with Crippen LogP contribution in [0.2, 0.25) is 0 Å². The van der Waals surface area contributed by atoms with Crippen molar-refractivity contribution in [1.29, 1.82) is 0 Å². The third-order valence-corrected chi connectivity index (χ3v) is 7.55. The molecule has 2 unspecified atom stereocenters. The Bertz CT molecular complexity index is 243. The normalized spacial score (nSPS) is 18.3. The highest BCUT2D eigenvalue weighted by atomic mass is 79.9. The first-order valence-electron chi connectivity index (χ1n) is 4.97. The van der Waals surface area contributed by atoms with E-state index in [0.717, 1.165) is 0 Å². The Morgan fingerprint density at radius 2 is 1.44 bits per heavy atom. The molecule has 0 aliphatic carbocycles. The Morgan fingerprint density at radius 1 is 1.00 bits per heavy atom. The van der Waals surface area contributed by atoms with Crippen LogP contribution in [0.1, 0.15) is 0 Å². The van der Waals surface area contributed by atoms with Crippen LogP contribution in [0.4, 0.5) is 0 Å². The molecule has 0 aliphatic rings. The Balaban J connectivity index is 4.28. The molecule has 0 aromatic rings. The number of hydrogen-bond donors (Lipinski definition) is 0. The number of phosphoric acid groups is 1. The lowest BCUT2D eigenvalue weighted by molar-refractivity contribution is 0.121. The summed E-state index contributed by atoms with van der Waals surface area (Å²) in [5.74, 6) is 0.225. The van der Waals surface area contributed by atoms with E-state index in [4.69, 9.17) is 25.2 Å². The van der Waals surface area contributed by atoms with Crippen molar-refractivity contribution >= 4 is 83.1 Å². The van der Waals surface area contributed by atoms with Crippen molar-refractivity contribution in [2.45, 2.75) is 9.65 Å². The standard InChI is InChI=1S/C8H14Br4ClO4P/c9-3-7(11)5-16-18(14,15-2-1-13)17-6-8(12)4-10/h7-8H,1-6H2. The first-order chi connectivity index (χ1) is 8.47. The molecule has 0 radical (unpaired) electrons. The van der Waals surface area contributed by atoms with E-state index in [0.29, 0.717) is 10.7 Å². The molecule has 10 heteroatoms. The molecule has 0 bridgehead atoms. The number of rotatable bonds is 11. The van der Waals surface area contributed by atoms with Crippen LogP contribution in [0.15, 0.2) is 0 Å². The van der Waals surface area contributed by atoms with Crippen molar-refractivity contribution < 1.29 is 18.1 Å². The van der Waals surface area contributed by atoms with Crippen molar-refractivity contribution in [1.82, 2.24) is 0 Å². The van der Waals surface area contributed by atoms with Gasteiger partial charge in [0.05, 0.1) is 19.8 Å². The second-order valence-electron chi connectivity index (χ2n) is 3.06. The highest BCUT2D eigenvalue weighted by molar-refractivity contribution is 9.12. The fourth-order valence-electron chi connectivity index (χ4n) is 0.692. The third kappa shape index (κ3) is 10.1. The van der Waals surface area contributed by atoms with Crippen LogP contribution in [0.25, 0.3) is 0 Å². The molecular weight excluding hydrogens is 546 g/mol. The SMILES string of the molecule is O=P(OCCCl)(OCC(Br)CBr)OCC(Br)CBr. The molecular formula is C8H14Br4ClO4P. The summed E-state index contributed by atoms with van der Waals surface area (Å²) in [6.07, 6.45) is 0. The molecule has 0 rings (SSSR count). The van der Waals surface area contributed by atoms with Gasteiger partial charge in [0.2, 0.25) is 0 Å².